The Morgan fingerprint density at radius 2 is 1.76 bits per heavy atom. The smallest absolute Gasteiger partial charge is 0.155 e. The zero-order valence-corrected chi connectivity index (χ0v) is 10.8. The first kappa shape index (κ1) is 12.4. The summed E-state index contributed by atoms with van der Waals surface area (Å²) in [5.74, 6) is -0.142. The maximum Gasteiger partial charge on any atom is 0.155 e. The SMILES string of the molecule is Cc1cc(C)cc(N[C@@H]2CS(=O)(=O)C[C@H]2O)c1. The van der Waals surface area contributed by atoms with Gasteiger partial charge < -0.3 is 10.4 Å². The van der Waals surface area contributed by atoms with Crippen molar-refractivity contribution in [3.05, 3.63) is 29.3 Å². The predicted octanol–water partition coefficient (Wildman–Crippen LogP) is 0.873. The van der Waals surface area contributed by atoms with Crippen molar-refractivity contribution in [1.29, 1.82) is 0 Å². The van der Waals surface area contributed by atoms with Crippen molar-refractivity contribution in [3.63, 3.8) is 0 Å². The van der Waals surface area contributed by atoms with Crippen LogP contribution in [0.3, 0.4) is 0 Å². The van der Waals surface area contributed by atoms with E-state index in [2.05, 4.69) is 5.32 Å². The first-order valence-corrected chi connectivity index (χ1v) is 7.41. The molecule has 1 aromatic carbocycles. The fourth-order valence-corrected chi connectivity index (χ4v) is 3.98. The highest BCUT2D eigenvalue weighted by Gasteiger charge is 2.36. The molecule has 0 aliphatic carbocycles. The van der Waals surface area contributed by atoms with Gasteiger partial charge in [0.05, 0.1) is 23.7 Å². The average molecular weight is 255 g/mol. The minimum Gasteiger partial charge on any atom is -0.390 e. The molecule has 0 radical (unpaired) electrons. The lowest BCUT2D eigenvalue weighted by atomic mass is 10.1. The Labute approximate surface area is 102 Å². The Bertz CT molecular complexity index is 504. The van der Waals surface area contributed by atoms with Crippen molar-refractivity contribution in [1.82, 2.24) is 0 Å². The van der Waals surface area contributed by atoms with Gasteiger partial charge in [0.1, 0.15) is 0 Å². The second-order valence-electron chi connectivity index (χ2n) is 4.77. The number of hydrogen-bond acceptors (Lipinski definition) is 4. The van der Waals surface area contributed by atoms with Crippen LogP contribution in [0.25, 0.3) is 0 Å². The molecular formula is C12H17NO3S. The van der Waals surface area contributed by atoms with Crippen molar-refractivity contribution in [2.75, 3.05) is 16.8 Å². The van der Waals surface area contributed by atoms with Crippen molar-refractivity contribution in [2.24, 2.45) is 0 Å². The van der Waals surface area contributed by atoms with Crippen LogP contribution in [-0.4, -0.2) is 37.2 Å². The number of aliphatic hydroxyl groups excluding tert-OH is 1. The molecule has 2 N–H and O–H groups in total. The number of sulfone groups is 1. The molecule has 5 heteroatoms. The second-order valence-corrected chi connectivity index (χ2v) is 6.93. The number of aliphatic hydroxyl groups is 1. The van der Waals surface area contributed by atoms with Gasteiger partial charge in [-0.1, -0.05) is 6.07 Å². The number of anilines is 1. The van der Waals surface area contributed by atoms with E-state index >= 15 is 0 Å². The second kappa shape index (κ2) is 4.31. The van der Waals surface area contributed by atoms with E-state index < -0.39 is 22.0 Å². The normalized spacial score (nSPS) is 27.0. The molecule has 0 bridgehead atoms. The van der Waals surface area contributed by atoms with E-state index in [0.29, 0.717) is 0 Å². The molecule has 1 heterocycles. The van der Waals surface area contributed by atoms with Gasteiger partial charge in [-0.15, -0.1) is 0 Å². The maximum absolute atomic E-state index is 11.4. The van der Waals surface area contributed by atoms with Crippen LogP contribution in [0.1, 0.15) is 11.1 Å². The lowest BCUT2D eigenvalue weighted by molar-refractivity contribution is 0.190. The standard InChI is InChI=1S/C12H17NO3S/c1-8-3-9(2)5-10(4-8)13-11-6-17(15,16)7-12(11)14/h3-5,11-14H,6-7H2,1-2H3/t11-,12-/m1/s1. The van der Waals surface area contributed by atoms with E-state index in [9.17, 15) is 13.5 Å². The molecule has 1 aliphatic rings. The van der Waals surface area contributed by atoms with E-state index in [-0.39, 0.29) is 11.5 Å². The minimum absolute atomic E-state index is 0.00115. The largest absolute Gasteiger partial charge is 0.390 e. The molecular weight excluding hydrogens is 238 g/mol. The lowest BCUT2D eigenvalue weighted by Crippen LogP contribution is -2.31. The van der Waals surface area contributed by atoms with Crippen LogP contribution in [0.2, 0.25) is 0 Å². The summed E-state index contributed by atoms with van der Waals surface area (Å²) in [5.41, 5.74) is 3.09. The summed E-state index contributed by atoms with van der Waals surface area (Å²) >= 11 is 0. The van der Waals surface area contributed by atoms with Crippen LogP contribution in [0, 0.1) is 13.8 Å². The third kappa shape index (κ3) is 2.98. The number of rotatable bonds is 2. The summed E-state index contributed by atoms with van der Waals surface area (Å²) in [5, 5.41) is 12.8. The third-order valence-corrected chi connectivity index (χ3v) is 4.61. The van der Waals surface area contributed by atoms with Crippen LogP contribution in [0.5, 0.6) is 0 Å². The molecule has 94 valence electrons. The van der Waals surface area contributed by atoms with Crippen molar-refractivity contribution in [2.45, 2.75) is 26.0 Å². The van der Waals surface area contributed by atoms with E-state index in [4.69, 9.17) is 0 Å². The molecule has 2 rings (SSSR count). The lowest BCUT2D eigenvalue weighted by Gasteiger charge is -2.17. The highest BCUT2D eigenvalue weighted by atomic mass is 32.2. The molecule has 0 amide bonds. The van der Waals surface area contributed by atoms with Crippen LogP contribution < -0.4 is 5.32 Å². The zero-order valence-electron chi connectivity index (χ0n) is 9.97. The molecule has 1 saturated heterocycles. The van der Waals surface area contributed by atoms with Gasteiger partial charge in [0.15, 0.2) is 9.84 Å². The average Bonchev–Trinajstić information content (AvgIpc) is 2.37. The van der Waals surface area contributed by atoms with Gasteiger partial charge in [-0.3, -0.25) is 0 Å². The van der Waals surface area contributed by atoms with Gasteiger partial charge in [-0.2, -0.15) is 0 Å². The van der Waals surface area contributed by atoms with Gasteiger partial charge in [0.25, 0.3) is 0 Å². The maximum atomic E-state index is 11.4. The summed E-state index contributed by atoms with van der Waals surface area (Å²) in [4.78, 5) is 0. The van der Waals surface area contributed by atoms with Crippen molar-refractivity contribution in [3.8, 4) is 0 Å². The minimum atomic E-state index is -3.10. The zero-order chi connectivity index (χ0) is 12.6. The molecule has 0 aromatic heterocycles. The number of hydrogen-bond donors (Lipinski definition) is 2. The summed E-state index contributed by atoms with van der Waals surface area (Å²) in [6.45, 7) is 3.97. The fraction of sp³-hybridized carbons (Fsp3) is 0.500. The Morgan fingerprint density at radius 3 is 2.24 bits per heavy atom. The van der Waals surface area contributed by atoms with E-state index in [1.54, 1.807) is 0 Å². The Kier molecular flexibility index (Phi) is 3.14. The van der Waals surface area contributed by atoms with Gasteiger partial charge in [0.2, 0.25) is 0 Å². The molecule has 1 aliphatic heterocycles. The summed E-state index contributed by atoms with van der Waals surface area (Å²) < 4.78 is 22.8. The van der Waals surface area contributed by atoms with Crippen LogP contribution in [0.4, 0.5) is 5.69 Å². The van der Waals surface area contributed by atoms with E-state index in [1.807, 2.05) is 32.0 Å². The summed E-state index contributed by atoms with van der Waals surface area (Å²) in [6.07, 6.45) is -0.819. The number of benzene rings is 1. The molecule has 4 nitrogen and oxygen atoms in total. The van der Waals surface area contributed by atoms with Gasteiger partial charge >= 0.3 is 0 Å². The van der Waals surface area contributed by atoms with Crippen molar-refractivity contribution >= 4 is 15.5 Å². The molecule has 2 atom stereocenters. The summed E-state index contributed by atoms with van der Waals surface area (Å²) in [7, 11) is -3.10. The Hall–Kier alpha value is -1.07. The predicted molar refractivity (Wildman–Crippen MR) is 68.0 cm³/mol. The van der Waals surface area contributed by atoms with Crippen molar-refractivity contribution < 1.29 is 13.5 Å². The molecule has 0 spiro atoms. The Morgan fingerprint density at radius 1 is 1.18 bits per heavy atom. The number of aryl methyl sites for hydroxylation is 2. The molecule has 0 unspecified atom stereocenters. The van der Waals surface area contributed by atoms with Crippen LogP contribution in [-0.2, 0) is 9.84 Å². The summed E-state index contributed by atoms with van der Waals surface area (Å²) in [6, 6.07) is 5.55. The van der Waals surface area contributed by atoms with Crippen LogP contribution >= 0.6 is 0 Å². The molecule has 0 saturated carbocycles. The van der Waals surface area contributed by atoms with E-state index in [1.165, 1.54) is 0 Å². The highest BCUT2D eigenvalue weighted by Crippen LogP contribution is 2.20. The first-order valence-electron chi connectivity index (χ1n) is 5.59. The third-order valence-electron chi connectivity index (χ3n) is 2.90. The van der Waals surface area contributed by atoms with Crippen LogP contribution in [0.15, 0.2) is 18.2 Å². The highest BCUT2D eigenvalue weighted by molar-refractivity contribution is 7.91. The fourth-order valence-electron chi connectivity index (χ4n) is 2.24. The molecule has 17 heavy (non-hydrogen) atoms. The van der Waals surface area contributed by atoms with Gasteiger partial charge in [0, 0.05) is 5.69 Å². The first-order chi connectivity index (χ1) is 7.85. The topological polar surface area (TPSA) is 66.4 Å². The van der Waals surface area contributed by atoms with E-state index in [0.717, 1.165) is 16.8 Å². The monoisotopic (exact) mass is 255 g/mol. The van der Waals surface area contributed by atoms with Gasteiger partial charge in [-0.25, -0.2) is 8.42 Å². The quantitative estimate of drug-likeness (QED) is 0.823. The number of nitrogens with one attached hydrogen (secondary N) is 1. The molecule has 1 fully saturated rings. The molecule has 1 aromatic rings. The van der Waals surface area contributed by atoms with Gasteiger partial charge in [-0.05, 0) is 37.1 Å². The Balaban J connectivity index is 2.16.